The minimum Gasteiger partial charge on any atom is -0.508 e. The highest BCUT2D eigenvalue weighted by molar-refractivity contribution is 5.96. The van der Waals surface area contributed by atoms with Crippen molar-refractivity contribution in [3.63, 3.8) is 0 Å². The van der Waals surface area contributed by atoms with E-state index in [0.717, 1.165) is 29.8 Å². The molecule has 0 atom stereocenters. The number of hydrogen-bond donors (Lipinski definition) is 3. The summed E-state index contributed by atoms with van der Waals surface area (Å²) in [6.07, 6.45) is 0. The Hall–Kier alpha value is -3.51. The van der Waals surface area contributed by atoms with E-state index in [0.29, 0.717) is 30.2 Å². The van der Waals surface area contributed by atoms with Gasteiger partial charge in [0.2, 0.25) is 0 Å². The van der Waals surface area contributed by atoms with Gasteiger partial charge in [-0.15, -0.1) is 0 Å². The molecular weight excluding hydrogens is 380 g/mol. The van der Waals surface area contributed by atoms with Crippen molar-refractivity contribution in [2.24, 2.45) is 0 Å². The summed E-state index contributed by atoms with van der Waals surface area (Å²) in [5.41, 5.74) is 3.27. The maximum absolute atomic E-state index is 13.4. The van der Waals surface area contributed by atoms with Crippen LogP contribution in [0.1, 0.15) is 33.0 Å². The molecule has 1 saturated heterocycles. The molecule has 0 spiro atoms. The molecule has 3 aromatic carbocycles. The van der Waals surface area contributed by atoms with E-state index in [1.165, 1.54) is 0 Å². The Morgan fingerprint density at radius 1 is 0.867 bits per heavy atom. The van der Waals surface area contributed by atoms with E-state index in [9.17, 15) is 15.0 Å². The van der Waals surface area contributed by atoms with Crippen LogP contribution in [0.25, 0.3) is 0 Å². The summed E-state index contributed by atoms with van der Waals surface area (Å²) in [4.78, 5) is 15.3. The van der Waals surface area contributed by atoms with E-state index < -0.39 is 0 Å². The Morgan fingerprint density at radius 3 is 2.10 bits per heavy atom. The number of amides is 1. The third kappa shape index (κ3) is 3.15. The van der Waals surface area contributed by atoms with Crippen LogP contribution >= 0.6 is 0 Å². The summed E-state index contributed by atoms with van der Waals surface area (Å²) in [6, 6.07) is 17.7. The molecule has 0 saturated carbocycles. The molecule has 30 heavy (non-hydrogen) atoms. The predicted molar refractivity (Wildman–Crippen MR) is 112 cm³/mol. The van der Waals surface area contributed by atoms with Gasteiger partial charge in [0.1, 0.15) is 23.0 Å². The second kappa shape index (κ2) is 7.39. The molecule has 0 unspecified atom stereocenters. The van der Waals surface area contributed by atoms with Crippen LogP contribution in [0.15, 0.2) is 60.7 Å². The van der Waals surface area contributed by atoms with Gasteiger partial charge in [0.15, 0.2) is 0 Å². The first-order valence-corrected chi connectivity index (χ1v) is 10.0. The van der Waals surface area contributed by atoms with Crippen LogP contribution in [-0.4, -0.2) is 47.2 Å². The van der Waals surface area contributed by atoms with Crippen molar-refractivity contribution in [2.45, 2.75) is 5.92 Å². The van der Waals surface area contributed by atoms with Gasteiger partial charge in [-0.1, -0.05) is 30.3 Å². The zero-order valence-electron chi connectivity index (χ0n) is 16.3. The van der Waals surface area contributed by atoms with Crippen LogP contribution in [0.3, 0.4) is 0 Å². The van der Waals surface area contributed by atoms with E-state index in [1.807, 2.05) is 41.3 Å². The highest BCUT2D eigenvalue weighted by atomic mass is 16.5. The fourth-order valence-corrected chi connectivity index (χ4v) is 4.30. The molecule has 3 aromatic rings. The third-order valence-electron chi connectivity index (χ3n) is 5.74. The largest absolute Gasteiger partial charge is 0.508 e. The summed E-state index contributed by atoms with van der Waals surface area (Å²) in [6.45, 7) is 2.93. The lowest BCUT2D eigenvalue weighted by Crippen LogP contribution is -2.46. The van der Waals surface area contributed by atoms with E-state index in [2.05, 4.69) is 5.32 Å². The lowest BCUT2D eigenvalue weighted by Gasteiger charge is -2.32. The fraction of sp³-hybridized carbons (Fsp3) is 0.208. The van der Waals surface area contributed by atoms with Crippen LogP contribution in [0.2, 0.25) is 0 Å². The number of piperazine rings is 1. The maximum atomic E-state index is 13.4. The summed E-state index contributed by atoms with van der Waals surface area (Å²) >= 11 is 0. The van der Waals surface area contributed by atoms with Crippen LogP contribution in [0.4, 0.5) is 0 Å². The van der Waals surface area contributed by atoms with Gasteiger partial charge < -0.3 is 25.2 Å². The number of rotatable bonds is 2. The van der Waals surface area contributed by atoms with Gasteiger partial charge >= 0.3 is 0 Å². The quantitative estimate of drug-likeness (QED) is 0.479. The average molecular weight is 402 g/mol. The van der Waals surface area contributed by atoms with Crippen molar-refractivity contribution >= 4 is 5.91 Å². The minimum absolute atomic E-state index is 0.0132. The number of phenolic OH excluding ortho intramolecular Hbond substituents is 2. The second-order valence-electron chi connectivity index (χ2n) is 7.61. The van der Waals surface area contributed by atoms with Gasteiger partial charge in [0, 0.05) is 60.9 Å². The van der Waals surface area contributed by atoms with Crippen molar-refractivity contribution in [1.82, 2.24) is 10.2 Å². The molecule has 0 bridgehead atoms. The topological polar surface area (TPSA) is 82.0 Å². The number of nitrogens with zero attached hydrogens (tertiary/aromatic N) is 1. The number of aromatic hydroxyl groups is 2. The first-order chi connectivity index (χ1) is 14.6. The summed E-state index contributed by atoms with van der Waals surface area (Å²) in [7, 11) is 0. The Labute approximate surface area is 174 Å². The Morgan fingerprint density at radius 2 is 1.47 bits per heavy atom. The van der Waals surface area contributed by atoms with Crippen molar-refractivity contribution in [2.75, 3.05) is 26.2 Å². The fourth-order valence-electron chi connectivity index (χ4n) is 4.30. The van der Waals surface area contributed by atoms with E-state index in [4.69, 9.17) is 4.74 Å². The molecule has 5 rings (SSSR count). The summed E-state index contributed by atoms with van der Waals surface area (Å²) in [5.74, 6) is 0.986. The van der Waals surface area contributed by atoms with Crippen molar-refractivity contribution in [3.8, 4) is 23.0 Å². The summed E-state index contributed by atoms with van der Waals surface area (Å²) < 4.78 is 5.98. The smallest absolute Gasteiger partial charge is 0.254 e. The van der Waals surface area contributed by atoms with E-state index in [1.54, 1.807) is 24.3 Å². The van der Waals surface area contributed by atoms with Gasteiger partial charge in [-0.2, -0.15) is 0 Å². The Bertz CT molecular complexity index is 1070. The zero-order chi connectivity index (χ0) is 20.7. The Kier molecular flexibility index (Phi) is 4.56. The lowest BCUT2D eigenvalue weighted by atomic mass is 9.80. The number of ether oxygens (including phenoxy) is 1. The number of hydrogen-bond acceptors (Lipinski definition) is 5. The molecule has 2 aliphatic rings. The van der Waals surface area contributed by atoms with Gasteiger partial charge in [0.25, 0.3) is 5.91 Å². The standard InChI is InChI=1S/C24H22N2O4/c27-15-5-7-19-21(13-15)30-22-14-16(28)6-8-20(22)23(19)17-3-1-2-4-18(17)24(29)26-11-9-25-10-12-26/h1-8,13-14,23,25,27-28H,9-12H2. The highest BCUT2D eigenvalue weighted by Gasteiger charge is 2.32. The number of carbonyl (C=O) groups is 1. The number of fused-ring (bicyclic) bond motifs is 2. The molecule has 3 N–H and O–H groups in total. The Balaban J connectivity index is 1.67. The van der Waals surface area contributed by atoms with Crippen molar-refractivity contribution < 1.29 is 19.7 Å². The molecule has 1 amide bonds. The molecule has 6 nitrogen and oxygen atoms in total. The predicted octanol–water partition coefficient (Wildman–Crippen LogP) is 3.43. The lowest BCUT2D eigenvalue weighted by molar-refractivity contribution is 0.0734. The van der Waals surface area contributed by atoms with Gasteiger partial charge in [-0.25, -0.2) is 0 Å². The number of benzene rings is 3. The van der Waals surface area contributed by atoms with Crippen LogP contribution in [0, 0.1) is 0 Å². The first kappa shape index (κ1) is 18.5. The summed E-state index contributed by atoms with van der Waals surface area (Å²) in [5, 5.41) is 23.2. The van der Waals surface area contributed by atoms with E-state index in [-0.39, 0.29) is 23.3 Å². The van der Waals surface area contributed by atoms with Gasteiger partial charge in [-0.05, 0) is 23.8 Å². The third-order valence-corrected chi connectivity index (χ3v) is 5.74. The molecule has 152 valence electrons. The van der Waals surface area contributed by atoms with Crippen molar-refractivity contribution in [1.29, 1.82) is 0 Å². The number of phenols is 2. The molecule has 6 heteroatoms. The normalized spacial score (nSPS) is 15.8. The maximum Gasteiger partial charge on any atom is 0.254 e. The van der Waals surface area contributed by atoms with Crippen LogP contribution in [0.5, 0.6) is 23.0 Å². The zero-order valence-corrected chi connectivity index (χ0v) is 16.3. The second-order valence-corrected chi connectivity index (χ2v) is 7.61. The van der Waals surface area contributed by atoms with Crippen molar-refractivity contribution in [3.05, 3.63) is 82.9 Å². The molecule has 2 heterocycles. The molecule has 0 aromatic heterocycles. The minimum atomic E-state index is -0.256. The van der Waals surface area contributed by atoms with Crippen LogP contribution in [-0.2, 0) is 0 Å². The van der Waals surface area contributed by atoms with Gasteiger partial charge in [0.05, 0.1) is 0 Å². The molecule has 0 aliphatic carbocycles. The number of carbonyl (C=O) groups excluding carboxylic acids is 1. The molecular formula is C24H22N2O4. The van der Waals surface area contributed by atoms with Gasteiger partial charge in [-0.3, -0.25) is 4.79 Å². The van der Waals surface area contributed by atoms with E-state index >= 15 is 0 Å². The number of nitrogens with one attached hydrogen (secondary N) is 1. The molecule has 2 aliphatic heterocycles. The average Bonchev–Trinajstić information content (AvgIpc) is 2.77. The SMILES string of the molecule is O=C(c1ccccc1C1c2ccc(O)cc2Oc2cc(O)ccc21)N1CCNCC1. The first-order valence-electron chi connectivity index (χ1n) is 10.0. The highest BCUT2D eigenvalue weighted by Crippen LogP contribution is 2.49. The van der Waals surface area contributed by atoms with Crippen LogP contribution < -0.4 is 10.1 Å². The monoisotopic (exact) mass is 402 g/mol. The molecule has 1 fully saturated rings. The molecule has 0 radical (unpaired) electrons.